The molecule has 0 amide bonds. The van der Waals surface area contributed by atoms with Gasteiger partial charge in [-0.15, -0.1) is 25.6 Å². The molecule has 0 aliphatic rings. The third kappa shape index (κ3) is 9.64. The molecule has 278 valence electrons. The number of hydrogen-bond donors (Lipinski definition) is 7. The van der Waals surface area contributed by atoms with Crippen molar-refractivity contribution in [1.29, 1.82) is 0 Å². The Bertz CT molecular complexity index is 2760. The first-order chi connectivity index (χ1) is 25.3. The van der Waals surface area contributed by atoms with Crippen LogP contribution in [0.15, 0.2) is 147 Å². The molecule has 0 saturated heterocycles. The lowest BCUT2D eigenvalue weighted by Gasteiger charge is -2.06. The number of nitrogen functional groups attached to an aromatic ring is 4. The summed E-state index contributed by atoms with van der Waals surface area (Å²) in [5, 5.41) is 31.9. The Balaban J connectivity index is 1.44. The first-order valence-electron chi connectivity index (χ1n) is 14.6. The Morgan fingerprint density at radius 1 is 0.370 bits per heavy atom. The van der Waals surface area contributed by atoms with E-state index in [4.69, 9.17) is 22.9 Å². The van der Waals surface area contributed by atoms with Crippen molar-refractivity contribution < 1.29 is 38.9 Å². The molecular formula is C30H26N12O9S3. The predicted octanol–water partition coefficient (Wildman–Crippen LogP) is 7.42. The molecule has 0 atom stereocenters. The van der Waals surface area contributed by atoms with Gasteiger partial charge in [0.1, 0.15) is 33.3 Å². The van der Waals surface area contributed by atoms with Gasteiger partial charge in [0.2, 0.25) is 0 Å². The average molecular weight is 795 g/mol. The van der Waals surface area contributed by atoms with Crippen LogP contribution in [0.4, 0.5) is 68.2 Å². The molecule has 5 aromatic rings. The van der Waals surface area contributed by atoms with Crippen molar-refractivity contribution in [3.63, 3.8) is 0 Å². The molecule has 0 unspecified atom stereocenters. The smallest absolute Gasteiger partial charge is 0.296 e. The van der Waals surface area contributed by atoms with Crippen LogP contribution in [0.3, 0.4) is 0 Å². The molecule has 54 heavy (non-hydrogen) atoms. The highest BCUT2D eigenvalue weighted by atomic mass is 32.2. The molecule has 24 heteroatoms. The summed E-state index contributed by atoms with van der Waals surface area (Å²) in [6, 6.07) is 18.5. The summed E-state index contributed by atoms with van der Waals surface area (Å²) in [4.78, 5) is -1.46. The zero-order chi connectivity index (χ0) is 39.4. The molecule has 0 saturated carbocycles. The molecular weight excluding hydrogens is 769 g/mol. The second kappa shape index (κ2) is 15.2. The largest absolute Gasteiger partial charge is 0.397 e. The molecule has 21 nitrogen and oxygen atoms in total. The first kappa shape index (κ1) is 38.7. The van der Waals surface area contributed by atoms with Crippen molar-refractivity contribution in [1.82, 2.24) is 0 Å². The molecule has 0 aliphatic carbocycles. The van der Waals surface area contributed by atoms with Gasteiger partial charge in [0.15, 0.2) is 0 Å². The van der Waals surface area contributed by atoms with Crippen LogP contribution in [0.25, 0.3) is 0 Å². The molecule has 0 radical (unpaired) electrons. The summed E-state index contributed by atoms with van der Waals surface area (Å²) in [6.45, 7) is 0. The number of nitrogens with zero attached hydrogens (tertiary/aromatic N) is 8. The number of hydrogen-bond acceptors (Lipinski definition) is 18. The summed E-state index contributed by atoms with van der Waals surface area (Å²) >= 11 is 0. The van der Waals surface area contributed by atoms with Crippen LogP contribution in [0, 0.1) is 0 Å². The van der Waals surface area contributed by atoms with Crippen LogP contribution >= 0.6 is 0 Å². The van der Waals surface area contributed by atoms with Gasteiger partial charge in [-0.3, -0.25) is 13.7 Å². The van der Waals surface area contributed by atoms with Gasteiger partial charge in [0, 0.05) is 0 Å². The highest BCUT2D eigenvalue weighted by Gasteiger charge is 2.17. The Labute approximate surface area is 306 Å². The van der Waals surface area contributed by atoms with Crippen LogP contribution in [-0.4, -0.2) is 38.9 Å². The molecule has 0 aromatic heterocycles. The molecule has 11 N–H and O–H groups in total. The molecule has 0 bridgehead atoms. The fraction of sp³-hybridized carbons (Fsp3) is 0. The fourth-order valence-electron chi connectivity index (χ4n) is 4.29. The SMILES string of the molecule is Nc1cc(N)c(N=Nc2ccc(S(=O)(=O)O)c(N=Nc3cc(N=Nc4cccc(S(=O)(=O)O)c4)c(N)cc3N)c2)cc1N=Nc1cccc(S(=O)(=O)O)c1. The predicted molar refractivity (Wildman–Crippen MR) is 196 cm³/mol. The van der Waals surface area contributed by atoms with Crippen LogP contribution in [0.1, 0.15) is 0 Å². The Morgan fingerprint density at radius 3 is 1.09 bits per heavy atom. The minimum atomic E-state index is -4.83. The minimum absolute atomic E-state index is 0.00858. The van der Waals surface area contributed by atoms with E-state index in [1.165, 1.54) is 60.7 Å². The van der Waals surface area contributed by atoms with Crippen molar-refractivity contribution in [3.8, 4) is 0 Å². The third-order valence-electron chi connectivity index (χ3n) is 6.89. The van der Waals surface area contributed by atoms with Crippen LogP contribution in [0.5, 0.6) is 0 Å². The molecule has 0 fully saturated rings. The van der Waals surface area contributed by atoms with E-state index in [1.807, 2.05) is 0 Å². The quantitative estimate of drug-likeness (QED) is 0.0389. The van der Waals surface area contributed by atoms with Gasteiger partial charge in [0.25, 0.3) is 30.4 Å². The topological polar surface area (TPSA) is 366 Å². The minimum Gasteiger partial charge on any atom is -0.397 e. The first-order valence-corrected chi connectivity index (χ1v) is 18.9. The van der Waals surface area contributed by atoms with E-state index in [-0.39, 0.29) is 68.2 Å². The molecule has 0 heterocycles. The van der Waals surface area contributed by atoms with Crippen molar-refractivity contribution in [3.05, 3.63) is 91.0 Å². The molecule has 0 spiro atoms. The van der Waals surface area contributed by atoms with Gasteiger partial charge in [0.05, 0.1) is 49.6 Å². The van der Waals surface area contributed by atoms with Crippen molar-refractivity contribution in [2.75, 3.05) is 22.9 Å². The monoisotopic (exact) mass is 794 g/mol. The maximum absolute atomic E-state index is 12.2. The summed E-state index contributed by atoms with van der Waals surface area (Å²) in [5.74, 6) is 0. The highest BCUT2D eigenvalue weighted by Crippen LogP contribution is 2.39. The number of azo groups is 4. The van der Waals surface area contributed by atoms with Gasteiger partial charge < -0.3 is 22.9 Å². The van der Waals surface area contributed by atoms with E-state index < -0.39 is 45.0 Å². The number of benzene rings is 5. The Hall–Kier alpha value is -6.57. The lowest BCUT2D eigenvalue weighted by Crippen LogP contribution is -1.98. The lowest BCUT2D eigenvalue weighted by atomic mass is 10.2. The molecule has 5 rings (SSSR count). The van der Waals surface area contributed by atoms with E-state index >= 15 is 0 Å². The van der Waals surface area contributed by atoms with Crippen LogP contribution in [-0.2, 0) is 30.4 Å². The normalized spacial score (nSPS) is 12.8. The number of anilines is 4. The standard InChI is InChI=1S/C30H26N12O9S3/c31-21-12-22(32)26(14-25(21)38-35-16-3-1-5-19(9-16)52(43,44)45)40-37-18-7-8-30(54(49,50)51)29(11-18)42-41-28-15-27(23(33)13-24(28)34)39-36-17-4-2-6-20(10-17)53(46,47)48/h1-15H,31-34H2,(H,43,44,45)(H,46,47,48)(H,49,50,51). The lowest BCUT2D eigenvalue weighted by molar-refractivity contribution is 0.481. The van der Waals surface area contributed by atoms with Crippen molar-refractivity contribution >= 4 is 98.6 Å². The summed E-state index contributed by atoms with van der Waals surface area (Å²) < 4.78 is 98.5. The van der Waals surface area contributed by atoms with Gasteiger partial charge in [-0.25, -0.2) is 0 Å². The van der Waals surface area contributed by atoms with E-state index in [2.05, 4.69) is 40.9 Å². The van der Waals surface area contributed by atoms with Crippen molar-refractivity contribution in [2.24, 2.45) is 40.9 Å². The Kier molecular flexibility index (Phi) is 10.9. The van der Waals surface area contributed by atoms with Gasteiger partial charge in [-0.1, -0.05) is 12.1 Å². The maximum Gasteiger partial charge on any atom is 0.296 e. The van der Waals surface area contributed by atoms with Gasteiger partial charge in [-0.05, 0) is 78.9 Å². The molecule has 5 aromatic carbocycles. The van der Waals surface area contributed by atoms with Crippen molar-refractivity contribution in [2.45, 2.75) is 14.7 Å². The van der Waals surface area contributed by atoms with E-state index in [1.54, 1.807) is 0 Å². The average Bonchev–Trinajstić information content (AvgIpc) is 3.09. The number of rotatable bonds is 11. The zero-order valence-electron chi connectivity index (χ0n) is 27.1. The second-order valence-electron chi connectivity index (χ2n) is 10.8. The van der Waals surface area contributed by atoms with Crippen LogP contribution in [0.2, 0.25) is 0 Å². The molecule has 0 aliphatic heterocycles. The maximum atomic E-state index is 12.2. The van der Waals surface area contributed by atoms with Crippen LogP contribution < -0.4 is 22.9 Å². The fourth-order valence-corrected chi connectivity index (χ4v) is 5.93. The summed E-state index contributed by atoms with van der Waals surface area (Å²) in [6.07, 6.45) is 0. The third-order valence-corrected chi connectivity index (χ3v) is 9.49. The van der Waals surface area contributed by atoms with E-state index in [9.17, 15) is 38.9 Å². The summed E-state index contributed by atoms with van der Waals surface area (Å²) in [5.41, 5.74) is 24.1. The summed E-state index contributed by atoms with van der Waals surface area (Å²) in [7, 11) is -13.8. The zero-order valence-corrected chi connectivity index (χ0v) is 29.5. The highest BCUT2D eigenvalue weighted by molar-refractivity contribution is 7.86. The van der Waals surface area contributed by atoms with Gasteiger partial charge >= 0.3 is 0 Å². The van der Waals surface area contributed by atoms with E-state index in [0.29, 0.717) is 0 Å². The number of nitrogens with two attached hydrogens (primary N) is 4. The Morgan fingerprint density at radius 2 is 0.722 bits per heavy atom. The van der Waals surface area contributed by atoms with Gasteiger partial charge in [-0.2, -0.15) is 40.6 Å². The second-order valence-corrected chi connectivity index (χ2v) is 15.0. The van der Waals surface area contributed by atoms with E-state index in [0.717, 1.165) is 30.3 Å².